The largest absolute Gasteiger partial charge is 0.402 e. The molecule has 0 atom stereocenters. The number of esters is 1. The van der Waals surface area contributed by atoms with Crippen molar-refractivity contribution in [3.63, 3.8) is 0 Å². The fourth-order valence-electron chi connectivity index (χ4n) is 1.95. The topological polar surface area (TPSA) is 38.7 Å². The molecule has 1 heterocycles. The SMILES string of the molecule is O=C1OC(c2ccc(Cl)cc2Cl)=N/C1=C/c1ccc(Cl)cc1Cl. The number of ether oxygens (including phenoxy) is 1. The molecule has 1 aliphatic rings. The summed E-state index contributed by atoms with van der Waals surface area (Å²) in [5.74, 6) is -0.468. The van der Waals surface area contributed by atoms with E-state index in [9.17, 15) is 4.79 Å². The molecule has 0 saturated carbocycles. The molecule has 116 valence electrons. The second-order valence-corrected chi connectivity index (χ2v) is 6.31. The van der Waals surface area contributed by atoms with Crippen LogP contribution in [0.4, 0.5) is 0 Å². The fraction of sp³-hybridized carbons (Fsp3) is 0. The van der Waals surface area contributed by atoms with Gasteiger partial charge in [0.25, 0.3) is 0 Å². The lowest BCUT2D eigenvalue weighted by atomic mass is 10.2. The van der Waals surface area contributed by atoms with E-state index in [1.54, 1.807) is 36.4 Å². The lowest BCUT2D eigenvalue weighted by Gasteiger charge is -2.02. The Morgan fingerprint density at radius 2 is 1.57 bits per heavy atom. The van der Waals surface area contributed by atoms with Crippen LogP contribution in [-0.4, -0.2) is 11.9 Å². The van der Waals surface area contributed by atoms with Gasteiger partial charge in [0.05, 0.1) is 10.6 Å². The highest BCUT2D eigenvalue weighted by molar-refractivity contribution is 6.37. The number of benzene rings is 2. The summed E-state index contributed by atoms with van der Waals surface area (Å²) in [5, 5.41) is 1.73. The van der Waals surface area contributed by atoms with Crippen molar-refractivity contribution in [1.29, 1.82) is 0 Å². The van der Waals surface area contributed by atoms with Gasteiger partial charge in [-0.05, 0) is 42.0 Å². The molecule has 1 aliphatic heterocycles. The van der Waals surface area contributed by atoms with E-state index in [0.29, 0.717) is 31.2 Å². The van der Waals surface area contributed by atoms with Crippen molar-refractivity contribution in [2.24, 2.45) is 4.99 Å². The summed E-state index contributed by atoms with van der Waals surface area (Å²) in [6, 6.07) is 9.75. The highest BCUT2D eigenvalue weighted by Gasteiger charge is 2.25. The standard InChI is InChI=1S/C16H7Cl4NO2/c17-9-2-1-8(12(19)6-9)5-14-16(22)23-15(21-14)11-4-3-10(18)7-13(11)20/h1-7H/b14-5+. The molecule has 0 unspecified atom stereocenters. The number of hydrogen-bond acceptors (Lipinski definition) is 3. The molecule has 3 nitrogen and oxygen atoms in total. The lowest BCUT2D eigenvalue weighted by molar-refractivity contribution is -0.129. The zero-order valence-electron chi connectivity index (χ0n) is 11.3. The molecule has 0 spiro atoms. The number of halogens is 4. The third kappa shape index (κ3) is 3.54. The van der Waals surface area contributed by atoms with E-state index in [1.165, 1.54) is 6.08 Å². The molecule has 7 heteroatoms. The Labute approximate surface area is 152 Å². The molecule has 0 aliphatic carbocycles. The summed E-state index contributed by atoms with van der Waals surface area (Å²) >= 11 is 23.9. The minimum atomic E-state index is -0.586. The van der Waals surface area contributed by atoms with Gasteiger partial charge in [-0.2, -0.15) is 0 Å². The number of nitrogens with zero attached hydrogens (tertiary/aromatic N) is 1. The van der Waals surface area contributed by atoms with Crippen LogP contribution >= 0.6 is 46.4 Å². The fourth-order valence-corrected chi connectivity index (χ4v) is 2.91. The molecular formula is C16H7Cl4NO2. The number of carbonyl (C=O) groups is 1. The first kappa shape index (κ1) is 16.3. The Morgan fingerprint density at radius 3 is 2.22 bits per heavy atom. The zero-order chi connectivity index (χ0) is 16.6. The molecule has 2 aromatic carbocycles. The van der Waals surface area contributed by atoms with E-state index in [4.69, 9.17) is 51.1 Å². The van der Waals surface area contributed by atoms with Crippen LogP contribution in [0, 0.1) is 0 Å². The monoisotopic (exact) mass is 385 g/mol. The van der Waals surface area contributed by atoms with Gasteiger partial charge >= 0.3 is 5.97 Å². The zero-order valence-corrected chi connectivity index (χ0v) is 14.3. The van der Waals surface area contributed by atoms with Gasteiger partial charge in [0, 0.05) is 15.1 Å². The van der Waals surface area contributed by atoms with Gasteiger partial charge < -0.3 is 4.74 Å². The van der Waals surface area contributed by atoms with Crippen LogP contribution in [0.2, 0.25) is 20.1 Å². The van der Waals surface area contributed by atoms with Gasteiger partial charge in [0.1, 0.15) is 0 Å². The maximum Gasteiger partial charge on any atom is 0.363 e. The van der Waals surface area contributed by atoms with Crippen LogP contribution < -0.4 is 0 Å². The lowest BCUT2D eigenvalue weighted by Crippen LogP contribution is -2.05. The minimum absolute atomic E-state index is 0.119. The Morgan fingerprint density at radius 1 is 0.913 bits per heavy atom. The first-order valence-electron chi connectivity index (χ1n) is 6.37. The number of hydrogen-bond donors (Lipinski definition) is 0. The van der Waals surface area contributed by atoms with Crippen LogP contribution in [0.5, 0.6) is 0 Å². The van der Waals surface area contributed by atoms with E-state index < -0.39 is 5.97 Å². The van der Waals surface area contributed by atoms with Crippen molar-refractivity contribution in [2.45, 2.75) is 0 Å². The van der Waals surface area contributed by atoms with Gasteiger partial charge in [-0.15, -0.1) is 0 Å². The average Bonchev–Trinajstić information content (AvgIpc) is 2.83. The van der Waals surface area contributed by atoms with Gasteiger partial charge in [0.15, 0.2) is 5.70 Å². The van der Waals surface area contributed by atoms with Crippen molar-refractivity contribution in [2.75, 3.05) is 0 Å². The van der Waals surface area contributed by atoms with Gasteiger partial charge in [-0.3, -0.25) is 0 Å². The second kappa shape index (κ2) is 6.54. The number of cyclic esters (lactones) is 1. The normalized spacial score (nSPS) is 15.7. The maximum absolute atomic E-state index is 12.0. The molecule has 23 heavy (non-hydrogen) atoms. The third-order valence-corrected chi connectivity index (χ3v) is 4.15. The van der Waals surface area contributed by atoms with E-state index in [1.807, 2.05) is 0 Å². The number of rotatable bonds is 2. The van der Waals surface area contributed by atoms with Gasteiger partial charge in [-0.25, -0.2) is 9.79 Å². The third-order valence-electron chi connectivity index (χ3n) is 3.04. The van der Waals surface area contributed by atoms with E-state index in [-0.39, 0.29) is 11.6 Å². The molecule has 0 bridgehead atoms. The summed E-state index contributed by atoms with van der Waals surface area (Å²) in [7, 11) is 0. The van der Waals surface area contributed by atoms with Crippen molar-refractivity contribution in [3.8, 4) is 0 Å². The molecule has 0 saturated heterocycles. The highest BCUT2D eigenvalue weighted by Crippen LogP contribution is 2.28. The van der Waals surface area contributed by atoms with Crippen molar-refractivity contribution < 1.29 is 9.53 Å². The first-order chi connectivity index (χ1) is 10.9. The second-order valence-electron chi connectivity index (χ2n) is 4.63. The van der Waals surface area contributed by atoms with Crippen molar-refractivity contribution in [1.82, 2.24) is 0 Å². The highest BCUT2D eigenvalue weighted by atomic mass is 35.5. The Bertz CT molecular complexity index is 874. The predicted octanol–water partition coefficient (Wildman–Crippen LogP) is 5.64. The van der Waals surface area contributed by atoms with Crippen LogP contribution in [0.15, 0.2) is 47.1 Å². The molecule has 3 rings (SSSR count). The van der Waals surface area contributed by atoms with Crippen molar-refractivity contribution in [3.05, 3.63) is 73.3 Å². The summed E-state index contributed by atoms with van der Waals surface area (Å²) in [6.45, 7) is 0. The van der Waals surface area contributed by atoms with E-state index in [2.05, 4.69) is 4.99 Å². The average molecular weight is 387 g/mol. The van der Waals surface area contributed by atoms with Gasteiger partial charge in [0.2, 0.25) is 5.90 Å². The summed E-state index contributed by atoms with van der Waals surface area (Å²) < 4.78 is 5.16. The van der Waals surface area contributed by atoms with Crippen LogP contribution in [0.3, 0.4) is 0 Å². The summed E-state index contributed by atoms with van der Waals surface area (Å²) in [4.78, 5) is 16.2. The molecule has 0 aromatic heterocycles. The van der Waals surface area contributed by atoms with Crippen LogP contribution in [-0.2, 0) is 9.53 Å². The Balaban J connectivity index is 1.99. The minimum Gasteiger partial charge on any atom is -0.402 e. The van der Waals surface area contributed by atoms with Crippen LogP contribution in [0.1, 0.15) is 11.1 Å². The molecule has 0 radical (unpaired) electrons. The van der Waals surface area contributed by atoms with E-state index in [0.717, 1.165) is 0 Å². The van der Waals surface area contributed by atoms with E-state index >= 15 is 0 Å². The van der Waals surface area contributed by atoms with Crippen molar-refractivity contribution >= 4 is 64.3 Å². The summed E-state index contributed by atoms with van der Waals surface area (Å²) in [6.07, 6.45) is 1.53. The smallest absolute Gasteiger partial charge is 0.363 e. The summed E-state index contributed by atoms with van der Waals surface area (Å²) in [5.41, 5.74) is 1.21. The molecule has 2 aromatic rings. The maximum atomic E-state index is 12.0. The quantitative estimate of drug-likeness (QED) is 0.494. The van der Waals surface area contributed by atoms with Crippen LogP contribution in [0.25, 0.3) is 6.08 Å². The molecular weight excluding hydrogens is 380 g/mol. The number of aliphatic imine (C=N–C) groups is 1. The Hall–Kier alpha value is -1.52. The number of carbonyl (C=O) groups excluding carboxylic acids is 1. The molecule has 0 amide bonds. The molecule has 0 fully saturated rings. The Kier molecular flexibility index (Phi) is 4.64. The first-order valence-corrected chi connectivity index (χ1v) is 7.88. The van der Waals surface area contributed by atoms with Gasteiger partial charge in [-0.1, -0.05) is 52.5 Å². The predicted molar refractivity (Wildman–Crippen MR) is 93.5 cm³/mol. The molecule has 0 N–H and O–H groups in total.